The summed E-state index contributed by atoms with van der Waals surface area (Å²) in [5.41, 5.74) is 9.38. The Balaban J connectivity index is 1.85. The van der Waals surface area contributed by atoms with Gasteiger partial charge in [-0.2, -0.15) is 0 Å². The van der Waals surface area contributed by atoms with Crippen molar-refractivity contribution < 1.29 is 0 Å². The minimum Gasteiger partial charge on any atom is -0.399 e. The lowest BCUT2D eigenvalue weighted by Crippen LogP contribution is -2.45. The number of nitrogens with two attached hydrogens (primary N) is 1. The highest BCUT2D eigenvalue weighted by Crippen LogP contribution is 2.15. The van der Waals surface area contributed by atoms with Crippen LogP contribution in [0.3, 0.4) is 0 Å². The normalized spacial score (nSPS) is 18.1. The van der Waals surface area contributed by atoms with Gasteiger partial charge in [0, 0.05) is 38.4 Å². The Kier molecular flexibility index (Phi) is 4.61. The molecule has 0 saturated carbocycles. The van der Waals surface area contributed by atoms with E-state index in [2.05, 4.69) is 41.8 Å². The Morgan fingerprint density at radius 2 is 1.78 bits per heavy atom. The van der Waals surface area contributed by atoms with Crippen LogP contribution in [0.15, 0.2) is 18.2 Å². The summed E-state index contributed by atoms with van der Waals surface area (Å²) in [5, 5.41) is 0. The van der Waals surface area contributed by atoms with Crippen molar-refractivity contribution in [3.8, 4) is 0 Å². The van der Waals surface area contributed by atoms with Crippen LogP contribution in [0.25, 0.3) is 0 Å². The summed E-state index contributed by atoms with van der Waals surface area (Å²) in [6, 6.07) is 6.44. The van der Waals surface area contributed by atoms with Crippen LogP contribution < -0.4 is 5.73 Å². The van der Waals surface area contributed by atoms with Gasteiger partial charge in [0.05, 0.1) is 0 Å². The average molecular weight is 247 g/mol. The standard InChI is InChI=1S/C15H25N3/c1-3-6-17-7-9-18(10-8-17)12-14-5-4-13(2)15(16)11-14/h4-5,11H,3,6-10,12,16H2,1-2H3. The van der Waals surface area contributed by atoms with Gasteiger partial charge in [0.25, 0.3) is 0 Å². The Bertz CT molecular complexity index is 381. The summed E-state index contributed by atoms with van der Waals surface area (Å²) in [6.07, 6.45) is 1.26. The SMILES string of the molecule is CCCN1CCN(Cc2ccc(C)c(N)c2)CC1. The first kappa shape index (κ1) is 13.4. The van der Waals surface area contributed by atoms with E-state index in [1.807, 2.05) is 0 Å². The van der Waals surface area contributed by atoms with Crippen molar-refractivity contribution in [2.24, 2.45) is 0 Å². The van der Waals surface area contributed by atoms with Crippen molar-refractivity contribution in [2.75, 3.05) is 38.5 Å². The summed E-state index contributed by atoms with van der Waals surface area (Å²) < 4.78 is 0. The van der Waals surface area contributed by atoms with Gasteiger partial charge in [0.15, 0.2) is 0 Å². The third-order valence-electron chi connectivity index (χ3n) is 3.75. The molecule has 0 atom stereocenters. The number of nitrogens with zero attached hydrogens (tertiary/aromatic N) is 2. The summed E-state index contributed by atoms with van der Waals surface area (Å²) in [5.74, 6) is 0. The van der Waals surface area contributed by atoms with E-state index >= 15 is 0 Å². The Hall–Kier alpha value is -1.06. The van der Waals surface area contributed by atoms with Crippen LogP contribution in [-0.2, 0) is 6.54 Å². The van der Waals surface area contributed by atoms with Crippen molar-refractivity contribution in [2.45, 2.75) is 26.8 Å². The molecule has 1 heterocycles. The van der Waals surface area contributed by atoms with Crippen molar-refractivity contribution in [3.63, 3.8) is 0 Å². The van der Waals surface area contributed by atoms with Crippen LogP contribution in [-0.4, -0.2) is 42.5 Å². The van der Waals surface area contributed by atoms with Crippen LogP contribution in [0, 0.1) is 6.92 Å². The van der Waals surface area contributed by atoms with Gasteiger partial charge in [-0.1, -0.05) is 19.1 Å². The molecule has 0 aliphatic carbocycles. The van der Waals surface area contributed by atoms with Gasteiger partial charge >= 0.3 is 0 Å². The molecule has 1 fully saturated rings. The molecular weight excluding hydrogens is 222 g/mol. The highest BCUT2D eigenvalue weighted by Gasteiger charge is 2.16. The molecule has 0 bridgehead atoms. The third kappa shape index (κ3) is 3.47. The minimum atomic E-state index is 0.914. The molecule has 0 amide bonds. The number of nitrogen functional groups attached to an aromatic ring is 1. The summed E-state index contributed by atoms with van der Waals surface area (Å²) in [4.78, 5) is 5.08. The van der Waals surface area contributed by atoms with Gasteiger partial charge < -0.3 is 10.6 Å². The van der Waals surface area contributed by atoms with Crippen molar-refractivity contribution >= 4 is 5.69 Å². The zero-order valence-electron chi connectivity index (χ0n) is 11.7. The van der Waals surface area contributed by atoms with E-state index in [4.69, 9.17) is 5.73 Å². The van der Waals surface area contributed by atoms with E-state index in [1.165, 1.54) is 50.3 Å². The zero-order chi connectivity index (χ0) is 13.0. The molecule has 0 spiro atoms. The molecule has 2 N–H and O–H groups in total. The molecule has 1 aliphatic rings. The molecular formula is C15H25N3. The van der Waals surface area contributed by atoms with Crippen LogP contribution in [0.4, 0.5) is 5.69 Å². The molecule has 0 radical (unpaired) electrons. The lowest BCUT2D eigenvalue weighted by molar-refractivity contribution is 0.127. The van der Waals surface area contributed by atoms with Crippen LogP contribution in [0.2, 0.25) is 0 Å². The average Bonchev–Trinajstić information content (AvgIpc) is 2.37. The minimum absolute atomic E-state index is 0.914. The maximum Gasteiger partial charge on any atom is 0.0346 e. The second-order valence-electron chi connectivity index (χ2n) is 5.31. The van der Waals surface area contributed by atoms with Gasteiger partial charge in [-0.25, -0.2) is 0 Å². The molecule has 3 nitrogen and oxygen atoms in total. The number of aryl methyl sites for hydroxylation is 1. The topological polar surface area (TPSA) is 32.5 Å². The molecule has 2 rings (SSSR count). The first-order valence-electron chi connectivity index (χ1n) is 6.98. The van der Waals surface area contributed by atoms with Crippen LogP contribution in [0.1, 0.15) is 24.5 Å². The maximum absolute atomic E-state index is 5.96. The van der Waals surface area contributed by atoms with E-state index in [0.29, 0.717) is 0 Å². The number of anilines is 1. The smallest absolute Gasteiger partial charge is 0.0346 e. The van der Waals surface area contributed by atoms with Crippen LogP contribution >= 0.6 is 0 Å². The van der Waals surface area contributed by atoms with E-state index in [1.54, 1.807) is 0 Å². The Labute approximate surface area is 111 Å². The molecule has 1 saturated heterocycles. The Morgan fingerprint density at radius 3 is 2.39 bits per heavy atom. The molecule has 100 valence electrons. The fourth-order valence-electron chi connectivity index (χ4n) is 2.53. The first-order chi connectivity index (χ1) is 8.69. The molecule has 0 aromatic heterocycles. The molecule has 1 aromatic rings. The largest absolute Gasteiger partial charge is 0.399 e. The van der Waals surface area contributed by atoms with Crippen molar-refractivity contribution in [1.29, 1.82) is 0 Å². The van der Waals surface area contributed by atoms with E-state index in [9.17, 15) is 0 Å². The van der Waals surface area contributed by atoms with Gasteiger partial charge in [-0.15, -0.1) is 0 Å². The predicted molar refractivity (Wildman–Crippen MR) is 77.6 cm³/mol. The molecule has 18 heavy (non-hydrogen) atoms. The summed E-state index contributed by atoms with van der Waals surface area (Å²) in [6.45, 7) is 11.3. The van der Waals surface area contributed by atoms with Gasteiger partial charge in [0.1, 0.15) is 0 Å². The zero-order valence-corrected chi connectivity index (χ0v) is 11.7. The lowest BCUT2D eigenvalue weighted by Gasteiger charge is -2.34. The van der Waals surface area contributed by atoms with Crippen molar-refractivity contribution in [3.05, 3.63) is 29.3 Å². The van der Waals surface area contributed by atoms with E-state index in [-0.39, 0.29) is 0 Å². The summed E-state index contributed by atoms with van der Waals surface area (Å²) in [7, 11) is 0. The number of hydrogen-bond acceptors (Lipinski definition) is 3. The lowest BCUT2D eigenvalue weighted by atomic mass is 10.1. The maximum atomic E-state index is 5.96. The predicted octanol–water partition coefficient (Wildman–Crippen LogP) is 2.10. The number of piperazine rings is 1. The van der Waals surface area contributed by atoms with Gasteiger partial charge in [0.2, 0.25) is 0 Å². The number of benzene rings is 1. The number of rotatable bonds is 4. The molecule has 1 aliphatic heterocycles. The van der Waals surface area contributed by atoms with E-state index < -0.39 is 0 Å². The Morgan fingerprint density at radius 1 is 1.11 bits per heavy atom. The molecule has 0 unspecified atom stereocenters. The fraction of sp³-hybridized carbons (Fsp3) is 0.600. The third-order valence-corrected chi connectivity index (χ3v) is 3.75. The van der Waals surface area contributed by atoms with Crippen LogP contribution in [0.5, 0.6) is 0 Å². The van der Waals surface area contributed by atoms with Gasteiger partial charge in [-0.3, -0.25) is 4.90 Å². The first-order valence-corrected chi connectivity index (χ1v) is 6.98. The second-order valence-corrected chi connectivity index (χ2v) is 5.31. The monoisotopic (exact) mass is 247 g/mol. The quantitative estimate of drug-likeness (QED) is 0.827. The van der Waals surface area contributed by atoms with Gasteiger partial charge in [-0.05, 0) is 37.1 Å². The fourth-order valence-corrected chi connectivity index (χ4v) is 2.53. The number of hydrogen-bond donors (Lipinski definition) is 1. The molecule has 1 aromatic carbocycles. The second kappa shape index (κ2) is 6.21. The van der Waals surface area contributed by atoms with Crippen molar-refractivity contribution in [1.82, 2.24) is 9.80 Å². The summed E-state index contributed by atoms with van der Waals surface area (Å²) >= 11 is 0. The van der Waals surface area contributed by atoms with E-state index in [0.717, 1.165) is 12.2 Å². The highest BCUT2D eigenvalue weighted by molar-refractivity contribution is 5.48. The highest BCUT2D eigenvalue weighted by atomic mass is 15.3. The molecule has 3 heteroatoms.